The number of ether oxygens (including phenoxy) is 3. The van der Waals surface area contributed by atoms with Gasteiger partial charge >= 0.3 is 5.97 Å². The lowest BCUT2D eigenvalue weighted by atomic mass is 10.0. The van der Waals surface area contributed by atoms with Crippen LogP contribution in [0.3, 0.4) is 0 Å². The van der Waals surface area contributed by atoms with E-state index < -0.39 is 5.97 Å². The van der Waals surface area contributed by atoms with Gasteiger partial charge in [0.25, 0.3) is 5.91 Å². The average molecular weight is 425 g/mol. The quantitative estimate of drug-likeness (QED) is 0.499. The standard InChI is InChI=1S/C24H24FNO5/c1-15-22(24(28)31-4)19(13-16-5-8-18(25)9-6-16)23(27)26(15)12-11-17-7-10-20(29-2)21(14-17)30-3/h5-10,13-14H,11-12H2,1-4H3. The van der Waals surface area contributed by atoms with Crippen molar-refractivity contribution in [3.8, 4) is 11.5 Å². The Hall–Kier alpha value is -3.61. The Morgan fingerprint density at radius 2 is 1.71 bits per heavy atom. The van der Waals surface area contributed by atoms with E-state index in [-0.39, 0.29) is 22.9 Å². The second kappa shape index (κ2) is 9.47. The Labute approximate surface area is 180 Å². The monoisotopic (exact) mass is 425 g/mol. The number of hydrogen-bond donors (Lipinski definition) is 0. The molecule has 0 saturated heterocycles. The first-order valence-corrected chi connectivity index (χ1v) is 9.69. The molecule has 0 saturated carbocycles. The maximum atomic E-state index is 13.2. The van der Waals surface area contributed by atoms with Gasteiger partial charge in [0.2, 0.25) is 0 Å². The summed E-state index contributed by atoms with van der Waals surface area (Å²) >= 11 is 0. The first-order valence-electron chi connectivity index (χ1n) is 9.69. The van der Waals surface area contributed by atoms with Crippen LogP contribution in [0, 0.1) is 5.82 Å². The third-order valence-corrected chi connectivity index (χ3v) is 5.15. The van der Waals surface area contributed by atoms with E-state index in [4.69, 9.17) is 14.2 Å². The fraction of sp³-hybridized carbons (Fsp3) is 0.250. The van der Waals surface area contributed by atoms with Gasteiger partial charge in [0, 0.05) is 12.2 Å². The zero-order valence-corrected chi connectivity index (χ0v) is 17.9. The number of hydrogen-bond acceptors (Lipinski definition) is 5. The molecule has 1 aliphatic rings. The van der Waals surface area contributed by atoms with Crippen LogP contribution in [0.5, 0.6) is 11.5 Å². The summed E-state index contributed by atoms with van der Waals surface area (Å²) in [7, 11) is 4.40. The van der Waals surface area contributed by atoms with Crippen molar-refractivity contribution in [2.24, 2.45) is 0 Å². The van der Waals surface area contributed by atoms with Gasteiger partial charge < -0.3 is 19.1 Å². The van der Waals surface area contributed by atoms with E-state index in [1.165, 1.54) is 19.2 Å². The van der Waals surface area contributed by atoms with Crippen LogP contribution in [-0.4, -0.2) is 44.7 Å². The van der Waals surface area contributed by atoms with E-state index in [0.717, 1.165) is 5.56 Å². The average Bonchev–Trinajstić information content (AvgIpc) is 3.02. The van der Waals surface area contributed by atoms with Gasteiger partial charge in [-0.1, -0.05) is 18.2 Å². The molecular weight excluding hydrogens is 401 g/mol. The molecule has 162 valence electrons. The number of methoxy groups -OCH3 is 3. The molecule has 2 aromatic carbocycles. The summed E-state index contributed by atoms with van der Waals surface area (Å²) in [6, 6.07) is 11.3. The molecule has 3 rings (SSSR count). The number of carbonyl (C=O) groups is 2. The second-order valence-corrected chi connectivity index (χ2v) is 6.96. The minimum Gasteiger partial charge on any atom is -0.493 e. The van der Waals surface area contributed by atoms with Crippen molar-refractivity contribution in [2.75, 3.05) is 27.9 Å². The zero-order chi connectivity index (χ0) is 22.5. The predicted octanol–water partition coefficient (Wildman–Crippen LogP) is 3.76. The molecule has 0 aromatic heterocycles. The highest BCUT2D eigenvalue weighted by molar-refractivity contribution is 6.16. The first kappa shape index (κ1) is 22.1. The van der Waals surface area contributed by atoms with E-state index >= 15 is 0 Å². The molecule has 0 radical (unpaired) electrons. The second-order valence-electron chi connectivity index (χ2n) is 6.96. The molecule has 0 N–H and O–H groups in total. The van der Waals surface area contributed by atoms with Gasteiger partial charge in [-0.25, -0.2) is 9.18 Å². The third kappa shape index (κ3) is 4.60. The maximum Gasteiger partial charge on any atom is 0.340 e. The van der Waals surface area contributed by atoms with Crippen LogP contribution in [0.25, 0.3) is 6.08 Å². The molecule has 0 bridgehead atoms. The predicted molar refractivity (Wildman–Crippen MR) is 114 cm³/mol. The lowest BCUT2D eigenvalue weighted by Gasteiger charge is -2.18. The Morgan fingerprint density at radius 3 is 2.32 bits per heavy atom. The molecule has 0 atom stereocenters. The molecule has 0 fully saturated rings. The molecule has 1 heterocycles. The fourth-order valence-electron chi connectivity index (χ4n) is 3.50. The number of rotatable bonds is 7. The van der Waals surface area contributed by atoms with E-state index in [9.17, 15) is 14.0 Å². The van der Waals surface area contributed by atoms with Crippen molar-refractivity contribution < 1.29 is 28.2 Å². The summed E-state index contributed by atoms with van der Waals surface area (Å²) in [4.78, 5) is 27.1. The number of benzene rings is 2. The van der Waals surface area contributed by atoms with Crippen molar-refractivity contribution in [3.63, 3.8) is 0 Å². The maximum absolute atomic E-state index is 13.2. The minimum absolute atomic E-state index is 0.212. The van der Waals surface area contributed by atoms with Crippen molar-refractivity contribution in [2.45, 2.75) is 13.3 Å². The highest BCUT2D eigenvalue weighted by Gasteiger charge is 2.36. The number of nitrogens with zero attached hydrogens (tertiary/aromatic N) is 1. The normalized spacial score (nSPS) is 14.9. The molecule has 0 unspecified atom stereocenters. The number of carbonyl (C=O) groups excluding carboxylic acids is 2. The summed E-state index contributed by atoms with van der Waals surface area (Å²) in [5.41, 5.74) is 2.52. The van der Waals surface area contributed by atoms with Crippen LogP contribution >= 0.6 is 0 Å². The molecule has 1 amide bonds. The van der Waals surface area contributed by atoms with Gasteiger partial charge in [-0.2, -0.15) is 0 Å². The smallest absolute Gasteiger partial charge is 0.340 e. The van der Waals surface area contributed by atoms with Gasteiger partial charge in [0.15, 0.2) is 11.5 Å². The van der Waals surface area contributed by atoms with E-state index in [2.05, 4.69) is 0 Å². The summed E-state index contributed by atoms with van der Waals surface area (Å²) in [5, 5.41) is 0. The number of amides is 1. The Balaban J connectivity index is 1.89. The lowest BCUT2D eigenvalue weighted by Crippen LogP contribution is -2.27. The Morgan fingerprint density at radius 1 is 1.03 bits per heavy atom. The molecule has 0 aliphatic carbocycles. The highest BCUT2D eigenvalue weighted by Crippen LogP contribution is 2.32. The number of allylic oxidation sites excluding steroid dienone is 1. The molecule has 7 heteroatoms. The van der Waals surface area contributed by atoms with Gasteiger partial charge in [0.05, 0.1) is 32.5 Å². The highest BCUT2D eigenvalue weighted by atomic mass is 19.1. The van der Waals surface area contributed by atoms with Crippen molar-refractivity contribution in [1.82, 2.24) is 4.90 Å². The molecule has 2 aromatic rings. The Kier molecular flexibility index (Phi) is 6.74. The van der Waals surface area contributed by atoms with Crippen LogP contribution < -0.4 is 9.47 Å². The van der Waals surface area contributed by atoms with Crippen LogP contribution in [0.2, 0.25) is 0 Å². The van der Waals surface area contributed by atoms with E-state index in [0.29, 0.717) is 35.7 Å². The SMILES string of the molecule is COC(=O)C1=C(C)N(CCc2ccc(OC)c(OC)c2)C(=O)C1=Cc1ccc(F)cc1. The van der Waals surface area contributed by atoms with Crippen LogP contribution in [-0.2, 0) is 20.7 Å². The fourth-order valence-corrected chi connectivity index (χ4v) is 3.50. The Bertz CT molecular complexity index is 1060. The molecule has 31 heavy (non-hydrogen) atoms. The molecular formula is C24H24FNO5. The van der Waals surface area contributed by atoms with Crippen molar-refractivity contribution in [1.29, 1.82) is 0 Å². The summed E-state index contributed by atoms with van der Waals surface area (Å²) < 4.78 is 28.7. The van der Waals surface area contributed by atoms with Gasteiger partial charge in [-0.3, -0.25) is 4.79 Å². The molecule has 0 spiro atoms. The topological polar surface area (TPSA) is 65.1 Å². The summed E-state index contributed by atoms with van der Waals surface area (Å²) in [5.74, 6) is -0.0453. The summed E-state index contributed by atoms with van der Waals surface area (Å²) in [6.07, 6.45) is 2.12. The zero-order valence-electron chi connectivity index (χ0n) is 17.9. The first-order chi connectivity index (χ1) is 14.9. The van der Waals surface area contributed by atoms with Gasteiger partial charge in [-0.05, 0) is 54.8 Å². The van der Waals surface area contributed by atoms with Gasteiger partial charge in [0.1, 0.15) is 5.82 Å². The van der Waals surface area contributed by atoms with E-state index in [1.807, 2.05) is 18.2 Å². The largest absolute Gasteiger partial charge is 0.493 e. The van der Waals surface area contributed by atoms with Crippen LogP contribution in [0.15, 0.2) is 59.3 Å². The van der Waals surface area contributed by atoms with Crippen molar-refractivity contribution >= 4 is 18.0 Å². The van der Waals surface area contributed by atoms with E-state index in [1.54, 1.807) is 44.3 Å². The van der Waals surface area contributed by atoms with Crippen LogP contribution in [0.1, 0.15) is 18.1 Å². The lowest BCUT2D eigenvalue weighted by molar-refractivity contribution is -0.136. The third-order valence-electron chi connectivity index (χ3n) is 5.15. The van der Waals surface area contributed by atoms with Crippen LogP contribution in [0.4, 0.5) is 4.39 Å². The summed E-state index contributed by atoms with van der Waals surface area (Å²) in [6.45, 7) is 2.08. The minimum atomic E-state index is -0.590. The van der Waals surface area contributed by atoms with Gasteiger partial charge in [-0.15, -0.1) is 0 Å². The van der Waals surface area contributed by atoms with Crippen molar-refractivity contribution in [3.05, 3.63) is 76.3 Å². The molecule has 1 aliphatic heterocycles. The number of halogens is 1. The number of esters is 1. The molecule has 6 nitrogen and oxygen atoms in total.